The van der Waals surface area contributed by atoms with Gasteiger partial charge < -0.3 is 4.90 Å². The van der Waals surface area contributed by atoms with Crippen molar-refractivity contribution in [3.63, 3.8) is 0 Å². The third kappa shape index (κ3) is 3.60. The zero-order valence-electron chi connectivity index (χ0n) is 17.4. The second kappa shape index (κ2) is 8.07. The van der Waals surface area contributed by atoms with Gasteiger partial charge in [0, 0.05) is 54.5 Å². The van der Waals surface area contributed by atoms with Crippen molar-refractivity contribution in [1.29, 1.82) is 0 Å². The lowest BCUT2D eigenvalue weighted by molar-refractivity contribution is -0.123. The van der Waals surface area contributed by atoms with E-state index >= 15 is 0 Å². The molecule has 0 saturated carbocycles. The molecular weight excluding hydrogens is 410 g/mol. The van der Waals surface area contributed by atoms with Gasteiger partial charge in [0.1, 0.15) is 23.2 Å². The van der Waals surface area contributed by atoms with Gasteiger partial charge in [-0.1, -0.05) is 13.0 Å². The molecule has 7 heteroatoms. The molecule has 1 saturated heterocycles. The van der Waals surface area contributed by atoms with Crippen LogP contribution in [0.5, 0.6) is 0 Å². The molecule has 1 fully saturated rings. The molecule has 0 atom stereocenters. The average molecular weight is 430 g/mol. The number of hydrogen-bond acceptors (Lipinski definition) is 5. The lowest BCUT2D eigenvalue weighted by Crippen LogP contribution is -2.50. The van der Waals surface area contributed by atoms with E-state index in [2.05, 4.69) is 4.98 Å². The maximum absolute atomic E-state index is 14.4. The number of Topliss-reactive ketones (excluding diaryl/α,β-unsaturated/α-hetero) is 1. The van der Waals surface area contributed by atoms with Crippen molar-refractivity contribution in [1.82, 2.24) is 15.0 Å². The highest BCUT2D eigenvalue weighted by Gasteiger charge is 2.33. The van der Waals surface area contributed by atoms with Crippen molar-refractivity contribution in [2.75, 3.05) is 18.0 Å². The maximum atomic E-state index is 14.4. The Bertz CT molecular complexity index is 1320. The Morgan fingerprint density at radius 2 is 1.91 bits per heavy atom. The minimum Gasteiger partial charge on any atom is -0.354 e. The number of hydrogen-bond donors (Lipinski definition) is 0. The van der Waals surface area contributed by atoms with Crippen LogP contribution in [0.2, 0.25) is 0 Å². The number of halogens is 2. The first-order valence-corrected chi connectivity index (χ1v) is 10.5. The third-order valence-corrected chi connectivity index (χ3v) is 5.82. The summed E-state index contributed by atoms with van der Waals surface area (Å²) in [4.78, 5) is 27.8. The van der Waals surface area contributed by atoms with Crippen molar-refractivity contribution in [3.05, 3.63) is 72.6 Å². The van der Waals surface area contributed by atoms with Gasteiger partial charge >= 0.3 is 0 Å². The van der Waals surface area contributed by atoms with Crippen molar-refractivity contribution < 1.29 is 13.6 Å². The molecule has 5 rings (SSSR count). The Labute approximate surface area is 183 Å². The quantitative estimate of drug-likeness (QED) is 0.443. The van der Waals surface area contributed by atoms with Crippen molar-refractivity contribution in [3.8, 4) is 22.5 Å². The minimum absolute atomic E-state index is 0.00965. The number of ketones is 1. The minimum atomic E-state index is -0.628. The molecular formula is C25H20F2N4O. The summed E-state index contributed by atoms with van der Waals surface area (Å²) in [5.41, 5.74) is 2.39. The first-order valence-electron chi connectivity index (χ1n) is 10.5. The number of pyridine rings is 1. The lowest BCUT2D eigenvalue weighted by atomic mass is 9.93. The van der Waals surface area contributed by atoms with E-state index in [0.717, 1.165) is 17.0 Å². The molecule has 2 aromatic heterocycles. The van der Waals surface area contributed by atoms with Crippen molar-refractivity contribution in [2.45, 2.75) is 13.3 Å². The summed E-state index contributed by atoms with van der Waals surface area (Å²) >= 11 is 0. The Morgan fingerprint density at radius 1 is 1.06 bits per heavy atom. The molecule has 0 spiro atoms. The highest BCUT2D eigenvalue weighted by molar-refractivity contribution is 5.95. The standard InChI is InChI=1S/C25H20F2N4O/c1-2-23(32)17-13-31(14-17)25-20-10-15(19-7-6-18(26)11-21(19)27)5-8-22(20)29-24(30-25)16-4-3-9-28-12-16/h3-12,17H,2,13-14H2,1H3. The van der Waals surface area contributed by atoms with Gasteiger partial charge in [0.15, 0.2) is 5.82 Å². The largest absolute Gasteiger partial charge is 0.354 e. The van der Waals surface area contributed by atoms with Gasteiger partial charge in [0.2, 0.25) is 0 Å². The summed E-state index contributed by atoms with van der Waals surface area (Å²) in [5, 5.41) is 0.751. The van der Waals surface area contributed by atoms with Crippen LogP contribution in [0.4, 0.5) is 14.6 Å². The summed E-state index contributed by atoms with van der Waals surface area (Å²) in [7, 11) is 0. The number of benzene rings is 2. The third-order valence-electron chi connectivity index (χ3n) is 5.82. The fourth-order valence-electron chi connectivity index (χ4n) is 4.01. The number of carbonyl (C=O) groups excluding carboxylic acids is 1. The number of nitrogens with zero attached hydrogens (tertiary/aromatic N) is 4. The molecule has 4 aromatic rings. The summed E-state index contributed by atoms with van der Waals surface area (Å²) in [6.07, 6.45) is 3.90. The summed E-state index contributed by atoms with van der Waals surface area (Å²) in [5.74, 6) is 0.205. The zero-order chi connectivity index (χ0) is 22.2. The monoisotopic (exact) mass is 430 g/mol. The number of aromatic nitrogens is 3. The van der Waals surface area contributed by atoms with Gasteiger partial charge in [-0.15, -0.1) is 0 Å². The van der Waals surface area contributed by atoms with Crippen LogP contribution in [0.1, 0.15) is 13.3 Å². The lowest BCUT2D eigenvalue weighted by Gasteiger charge is -2.39. The predicted octanol–water partition coefficient (Wildman–Crippen LogP) is 5.05. The van der Waals surface area contributed by atoms with Crippen LogP contribution >= 0.6 is 0 Å². The normalized spacial score (nSPS) is 13.9. The smallest absolute Gasteiger partial charge is 0.163 e. The summed E-state index contributed by atoms with van der Waals surface area (Å²) < 4.78 is 27.8. The van der Waals surface area contributed by atoms with E-state index in [0.29, 0.717) is 47.8 Å². The molecule has 0 unspecified atom stereocenters. The maximum Gasteiger partial charge on any atom is 0.163 e. The molecule has 0 N–H and O–H groups in total. The SMILES string of the molecule is CCC(=O)C1CN(c2nc(-c3cccnc3)nc3ccc(-c4ccc(F)cc4F)cc23)C1. The van der Waals surface area contributed by atoms with Gasteiger partial charge in [-0.3, -0.25) is 9.78 Å². The van der Waals surface area contributed by atoms with Gasteiger partial charge in [-0.05, 0) is 42.0 Å². The molecule has 32 heavy (non-hydrogen) atoms. The van der Waals surface area contributed by atoms with Crippen LogP contribution in [0.25, 0.3) is 33.4 Å². The highest BCUT2D eigenvalue weighted by Crippen LogP contribution is 2.35. The second-order valence-corrected chi connectivity index (χ2v) is 7.89. The first kappa shape index (κ1) is 20.2. The fourth-order valence-corrected chi connectivity index (χ4v) is 4.01. The topological polar surface area (TPSA) is 59.0 Å². The number of anilines is 1. The van der Waals surface area contributed by atoms with E-state index in [9.17, 15) is 13.6 Å². The molecule has 0 radical (unpaired) electrons. The molecule has 0 bridgehead atoms. The molecule has 3 heterocycles. The van der Waals surface area contributed by atoms with E-state index in [1.807, 2.05) is 36.1 Å². The van der Waals surface area contributed by atoms with Gasteiger partial charge in [-0.25, -0.2) is 18.7 Å². The van der Waals surface area contributed by atoms with E-state index in [1.165, 1.54) is 12.1 Å². The molecule has 2 aromatic carbocycles. The Kier molecular flexibility index (Phi) is 5.09. The fraction of sp³-hybridized carbons (Fsp3) is 0.200. The summed E-state index contributed by atoms with van der Waals surface area (Å²) in [6, 6.07) is 12.6. The molecule has 0 amide bonds. The Balaban J connectivity index is 1.63. The first-order chi connectivity index (χ1) is 15.5. The molecule has 0 aliphatic carbocycles. The number of fused-ring (bicyclic) bond motifs is 1. The van der Waals surface area contributed by atoms with Crippen LogP contribution in [0, 0.1) is 17.6 Å². The van der Waals surface area contributed by atoms with Crippen molar-refractivity contribution in [2.24, 2.45) is 5.92 Å². The molecule has 1 aliphatic rings. The van der Waals surface area contributed by atoms with E-state index < -0.39 is 11.6 Å². The average Bonchev–Trinajstić information content (AvgIpc) is 2.78. The molecule has 1 aliphatic heterocycles. The van der Waals surface area contributed by atoms with Crippen LogP contribution in [0.15, 0.2) is 60.9 Å². The highest BCUT2D eigenvalue weighted by atomic mass is 19.1. The van der Waals surface area contributed by atoms with Crippen LogP contribution < -0.4 is 4.90 Å². The molecule has 160 valence electrons. The Hall–Kier alpha value is -3.74. The summed E-state index contributed by atoms with van der Waals surface area (Å²) in [6.45, 7) is 3.04. The molecule has 5 nitrogen and oxygen atoms in total. The second-order valence-electron chi connectivity index (χ2n) is 7.89. The van der Waals surface area contributed by atoms with Crippen LogP contribution in [-0.4, -0.2) is 33.8 Å². The van der Waals surface area contributed by atoms with Gasteiger partial charge in [0.05, 0.1) is 11.4 Å². The predicted molar refractivity (Wildman–Crippen MR) is 119 cm³/mol. The number of carbonyl (C=O) groups is 1. The number of rotatable bonds is 5. The van der Waals surface area contributed by atoms with Crippen LogP contribution in [-0.2, 0) is 4.79 Å². The van der Waals surface area contributed by atoms with Crippen molar-refractivity contribution >= 4 is 22.5 Å². The van der Waals surface area contributed by atoms with Gasteiger partial charge in [-0.2, -0.15) is 0 Å². The Morgan fingerprint density at radius 3 is 2.62 bits per heavy atom. The zero-order valence-corrected chi connectivity index (χ0v) is 17.4. The van der Waals surface area contributed by atoms with E-state index in [4.69, 9.17) is 9.97 Å². The van der Waals surface area contributed by atoms with Gasteiger partial charge in [0.25, 0.3) is 0 Å². The van der Waals surface area contributed by atoms with E-state index in [-0.39, 0.29) is 11.7 Å². The van der Waals surface area contributed by atoms with E-state index in [1.54, 1.807) is 18.5 Å². The van der Waals surface area contributed by atoms with Crippen LogP contribution in [0.3, 0.4) is 0 Å².